The Morgan fingerprint density at radius 3 is 2.18 bits per heavy atom. The summed E-state index contributed by atoms with van der Waals surface area (Å²) in [5.74, 6) is 0. The van der Waals surface area contributed by atoms with Gasteiger partial charge in [0.1, 0.15) is 0 Å². The van der Waals surface area contributed by atoms with Gasteiger partial charge in [-0.2, -0.15) is 0 Å². The van der Waals surface area contributed by atoms with Gasteiger partial charge < -0.3 is 0 Å². The van der Waals surface area contributed by atoms with E-state index < -0.39 is 6.04 Å². The van der Waals surface area contributed by atoms with Crippen LogP contribution in [0, 0.1) is 0 Å². The molecule has 1 aromatic carbocycles. The largest absolute Gasteiger partial charge is 0.139 e. The normalized spacial score (nSPS) is 33.0. The molecule has 0 amide bonds. The average Bonchev–Trinajstić information content (AvgIpc) is 2.29. The topological polar surface area (TPSA) is 0 Å². The predicted octanol–water partition coefficient (Wildman–Crippen LogP) is 4.35. The number of hydrogen-bond acceptors (Lipinski definition) is 3. The molecule has 2 rings (SSSR count). The van der Waals surface area contributed by atoms with E-state index in [4.69, 9.17) is 11.8 Å². The van der Waals surface area contributed by atoms with Crippen molar-refractivity contribution in [2.45, 2.75) is 35.1 Å². The lowest BCUT2D eigenvalue weighted by atomic mass is 10.3. The van der Waals surface area contributed by atoms with Crippen molar-refractivity contribution in [3.05, 3.63) is 30.3 Å². The summed E-state index contributed by atoms with van der Waals surface area (Å²) >= 11 is 10.2. The van der Waals surface area contributed by atoms with E-state index in [0.29, 0.717) is 4.32 Å². The first-order chi connectivity index (χ1) is 8.00. The molecule has 1 saturated heterocycles. The van der Waals surface area contributed by atoms with E-state index in [0.717, 1.165) is 10.5 Å². The number of benzene rings is 1. The Bertz CT molecular complexity index is 408. The number of rotatable bonds is 2. The highest BCUT2D eigenvalue weighted by molar-refractivity contribution is 8.35. The molecule has 0 radical (unpaired) electrons. The van der Waals surface area contributed by atoms with Crippen LogP contribution in [-0.4, -0.2) is 21.5 Å². The van der Waals surface area contributed by atoms with Gasteiger partial charge in [-0.3, -0.25) is 0 Å². The van der Waals surface area contributed by atoms with Gasteiger partial charge in [-0.15, -0.1) is 23.5 Å². The standard InChI is InChI=1S/C13H19PS3/c1-10-9-11(2)17-13(16-10)14(3,15)12-7-5-4-6-8-12/h4-8,10-11,13H,9H2,1-3H3/t10-,11+,13?,14?. The van der Waals surface area contributed by atoms with Crippen molar-refractivity contribution in [1.82, 2.24) is 0 Å². The lowest BCUT2D eigenvalue weighted by Gasteiger charge is -2.36. The van der Waals surface area contributed by atoms with Gasteiger partial charge in [0.15, 0.2) is 0 Å². The van der Waals surface area contributed by atoms with Crippen LogP contribution in [-0.2, 0) is 11.8 Å². The molecule has 0 aliphatic carbocycles. The summed E-state index contributed by atoms with van der Waals surface area (Å²) < 4.78 is 0.596. The van der Waals surface area contributed by atoms with Crippen LogP contribution in [0.3, 0.4) is 0 Å². The minimum Gasteiger partial charge on any atom is -0.139 e. The first-order valence-electron chi connectivity index (χ1n) is 5.94. The Hall–Kier alpha value is 0.570. The van der Waals surface area contributed by atoms with Gasteiger partial charge in [0.25, 0.3) is 0 Å². The maximum absolute atomic E-state index is 6.01. The first kappa shape index (κ1) is 14.0. The fourth-order valence-electron chi connectivity index (χ4n) is 2.09. The van der Waals surface area contributed by atoms with Crippen molar-refractivity contribution in [3.63, 3.8) is 0 Å². The van der Waals surface area contributed by atoms with Crippen molar-refractivity contribution >= 4 is 46.7 Å². The fraction of sp³-hybridized carbons (Fsp3) is 0.538. The fourth-order valence-corrected chi connectivity index (χ4v) is 11.3. The summed E-state index contributed by atoms with van der Waals surface area (Å²) in [6, 6.07) is 9.30. The minimum atomic E-state index is -1.44. The van der Waals surface area contributed by atoms with Crippen LogP contribution in [0.4, 0.5) is 0 Å². The van der Waals surface area contributed by atoms with Crippen molar-refractivity contribution in [2.75, 3.05) is 6.66 Å². The van der Waals surface area contributed by atoms with E-state index in [-0.39, 0.29) is 0 Å². The average molecular weight is 302 g/mol. The van der Waals surface area contributed by atoms with Gasteiger partial charge >= 0.3 is 0 Å². The third-order valence-corrected chi connectivity index (χ3v) is 12.9. The highest BCUT2D eigenvalue weighted by Crippen LogP contribution is 2.60. The van der Waals surface area contributed by atoms with Crippen LogP contribution in [0.5, 0.6) is 0 Å². The van der Waals surface area contributed by atoms with E-state index >= 15 is 0 Å². The van der Waals surface area contributed by atoms with E-state index in [1.165, 1.54) is 11.7 Å². The maximum Gasteiger partial charge on any atom is 0.0829 e. The smallest absolute Gasteiger partial charge is 0.0829 e. The lowest BCUT2D eigenvalue weighted by Crippen LogP contribution is -2.22. The molecule has 4 atom stereocenters. The van der Waals surface area contributed by atoms with Gasteiger partial charge in [0.2, 0.25) is 0 Å². The highest BCUT2D eigenvalue weighted by atomic mass is 32.5. The molecule has 1 fully saturated rings. The summed E-state index contributed by atoms with van der Waals surface area (Å²) in [6.45, 7) is 7.00. The van der Waals surface area contributed by atoms with Crippen molar-refractivity contribution in [2.24, 2.45) is 0 Å². The molecule has 0 bridgehead atoms. The quantitative estimate of drug-likeness (QED) is 0.745. The van der Waals surface area contributed by atoms with E-state index in [9.17, 15) is 0 Å². The molecule has 17 heavy (non-hydrogen) atoms. The van der Waals surface area contributed by atoms with Crippen LogP contribution in [0.2, 0.25) is 0 Å². The highest BCUT2D eigenvalue weighted by Gasteiger charge is 2.33. The molecule has 0 spiro atoms. The summed E-state index contributed by atoms with van der Waals surface area (Å²) in [4.78, 5) is 0. The first-order valence-corrected chi connectivity index (χ1v) is 11.1. The zero-order valence-corrected chi connectivity index (χ0v) is 13.8. The Labute approximate surface area is 118 Å². The number of hydrogen-bond donors (Lipinski definition) is 0. The van der Waals surface area contributed by atoms with Crippen LogP contribution in [0.1, 0.15) is 20.3 Å². The molecule has 1 aliphatic rings. The lowest BCUT2D eigenvalue weighted by molar-refractivity contribution is 0.797. The minimum absolute atomic E-state index is 0.596. The van der Waals surface area contributed by atoms with Crippen molar-refractivity contribution in [3.8, 4) is 0 Å². The zero-order valence-electron chi connectivity index (χ0n) is 10.5. The van der Waals surface area contributed by atoms with Crippen LogP contribution >= 0.6 is 29.6 Å². The second-order valence-electron chi connectivity index (χ2n) is 4.76. The maximum atomic E-state index is 6.01. The van der Waals surface area contributed by atoms with Crippen LogP contribution in [0.15, 0.2) is 30.3 Å². The molecule has 0 aromatic heterocycles. The van der Waals surface area contributed by atoms with Crippen molar-refractivity contribution in [1.29, 1.82) is 0 Å². The Kier molecular flexibility index (Phi) is 4.68. The second kappa shape index (κ2) is 5.69. The Balaban J connectivity index is 2.23. The van der Waals surface area contributed by atoms with E-state index in [1.807, 2.05) is 0 Å². The molecule has 0 nitrogen and oxygen atoms in total. The molecule has 1 heterocycles. The molecule has 4 heteroatoms. The third-order valence-electron chi connectivity index (χ3n) is 3.03. The molecule has 0 saturated carbocycles. The van der Waals surface area contributed by atoms with E-state index in [1.54, 1.807) is 0 Å². The van der Waals surface area contributed by atoms with Crippen LogP contribution in [0.25, 0.3) is 0 Å². The summed E-state index contributed by atoms with van der Waals surface area (Å²) in [5, 5.41) is 2.89. The van der Waals surface area contributed by atoms with Crippen molar-refractivity contribution < 1.29 is 0 Å². The van der Waals surface area contributed by atoms with Gasteiger partial charge in [-0.05, 0) is 18.4 Å². The molecular weight excluding hydrogens is 283 g/mol. The summed E-state index contributed by atoms with van der Waals surface area (Å²) in [7, 11) is 0. The summed E-state index contributed by atoms with van der Waals surface area (Å²) in [6.07, 6.45) is 1.32. The van der Waals surface area contributed by atoms with Gasteiger partial charge in [0.05, 0.1) is 4.32 Å². The molecule has 2 unspecified atom stereocenters. The zero-order chi connectivity index (χ0) is 12.5. The summed E-state index contributed by atoms with van der Waals surface area (Å²) in [5.41, 5.74) is 0. The molecule has 1 aliphatic heterocycles. The third kappa shape index (κ3) is 3.32. The Morgan fingerprint density at radius 1 is 1.12 bits per heavy atom. The van der Waals surface area contributed by atoms with Gasteiger partial charge in [-0.25, -0.2) is 0 Å². The SMILES string of the molecule is C[C@@H]1C[C@H](C)SC(P(C)(=S)c2ccccc2)S1. The monoisotopic (exact) mass is 302 g/mol. The molecule has 1 aromatic rings. The number of thioether (sulfide) groups is 2. The Morgan fingerprint density at radius 2 is 1.65 bits per heavy atom. The van der Waals surface area contributed by atoms with E-state index in [2.05, 4.69) is 74.4 Å². The predicted molar refractivity (Wildman–Crippen MR) is 88.8 cm³/mol. The second-order valence-corrected chi connectivity index (χ2v) is 14.1. The van der Waals surface area contributed by atoms with Crippen LogP contribution < -0.4 is 5.30 Å². The molecule has 0 N–H and O–H groups in total. The van der Waals surface area contributed by atoms with Gasteiger partial charge in [0, 0.05) is 16.5 Å². The molecule has 94 valence electrons. The molecular formula is C13H19PS3. The van der Waals surface area contributed by atoms with Gasteiger partial charge in [-0.1, -0.05) is 56.0 Å².